The SMILES string of the molecule is N#CC(C#N)=C1OC=CC1C#N. The van der Waals surface area contributed by atoms with Gasteiger partial charge in [-0.25, -0.2) is 0 Å². The van der Waals surface area contributed by atoms with E-state index >= 15 is 0 Å². The summed E-state index contributed by atoms with van der Waals surface area (Å²) in [6.45, 7) is 0. The lowest BCUT2D eigenvalue weighted by molar-refractivity contribution is 0.353. The van der Waals surface area contributed by atoms with Crippen LogP contribution in [0.1, 0.15) is 0 Å². The fourth-order valence-corrected chi connectivity index (χ4v) is 0.803. The summed E-state index contributed by atoms with van der Waals surface area (Å²) in [6, 6.07) is 5.21. The maximum absolute atomic E-state index is 8.54. The summed E-state index contributed by atoms with van der Waals surface area (Å²) in [7, 11) is 0. The van der Waals surface area contributed by atoms with Crippen LogP contribution >= 0.6 is 0 Å². The summed E-state index contributed by atoms with van der Waals surface area (Å²) in [5, 5.41) is 25.4. The second kappa shape index (κ2) is 3.23. The monoisotopic (exact) mass is 157 g/mol. The van der Waals surface area contributed by atoms with Crippen molar-refractivity contribution >= 4 is 0 Å². The first-order valence-corrected chi connectivity index (χ1v) is 3.10. The Bertz CT molecular complexity index is 357. The van der Waals surface area contributed by atoms with Crippen molar-refractivity contribution in [1.29, 1.82) is 15.8 Å². The van der Waals surface area contributed by atoms with Crippen LogP contribution in [0.4, 0.5) is 0 Å². The Labute approximate surface area is 69.2 Å². The predicted molar refractivity (Wildman–Crippen MR) is 37.6 cm³/mol. The zero-order valence-electron chi connectivity index (χ0n) is 5.98. The molecule has 0 spiro atoms. The van der Waals surface area contributed by atoms with Crippen LogP contribution in [-0.2, 0) is 4.74 Å². The van der Waals surface area contributed by atoms with E-state index in [-0.39, 0.29) is 11.3 Å². The maximum Gasteiger partial charge on any atom is 0.169 e. The van der Waals surface area contributed by atoms with Crippen molar-refractivity contribution in [2.45, 2.75) is 0 Å². The van der Waals surface area contributed by atoms with Crippen molar-refractivity contribution in [2.75, 3.05) is 0 Å². The van der Waals surface area contributed by atoms with E-state index in [4.69, 9.17) is 20.5 Å². The molecule has 0 bridgehead atoms. The number of rotatable bonds is 0. The first-order valence-electron chi connectivity index (χ1n) is 3.10. The molecule has 0 fully saturated rings. The number of hydrogen-bond acceptors (Lipinski definition) is 4. The summed E-state index contributed by atoms with van der Waals surface area (Å²) in [5.41, 5.74) is -0.147. The van der Waals surface area contributed by atoms with Gasteiger partial charge in [0, 0.05) is 0 Å². The molecule has 1 rings (SSSR count). The average Bonchev–Trinajstić information content (AvgIpc) is 2.55. The lowest BCUT2D eigenvalue weighted by atomic mass is 10.1. The van der Waals surface area contributed by atoms with Crippen LogP contribution in [0.5, 0.6) is 0 Å². The van der Waals surface area contributed by atoms with E-state index in [0.29, 0.717) is 0 Å². The van der Waals surface area contributed by atoms with Gasteiger partial charge >= 0.3 is 0 Å². The summed E-state index contributed by atoms with van der Waals surface area (Å²) in [6.07, 6.45) is 2.79. The van der Waals surface area contributed by atoms with E-state index < -0.39 is 5.92 Å². The quantitative estimate of drug-likeness (QED) is 0.490. The number of nitrogens with zero attached hydrogens (tertiary/aromatic N) is 3. The lowest BCUT2D eigenvalue weighted by Crippen LogP contribution is -1.96. The van der Waals surface area contributed by atoms with Crippen molar-refractivity contribution in [1.82, 2.24) is 0 Å². The lowest BCUT2D eigenvalue weighted by Gasteiger charge is -1.99. The molecule has 0 saturated heterocycles. The molecule has 1 atom stereocenters. The number of allylic oxidation sites excluding steroid dienone is 2. The molecule has 12 heavy (non-hydrogen) atoms. The molecule has 4 nitrogen and oxygen atoms in total. The molecule has 1 unspecified atom stereocenters. The van der Waals surface area contributed by atoms with Gasteiger partial charge in [0.2, 0.25) is 0 Å². The normalized spacial score (nSPS) is 18.8. The van der Waals surface area contributed by atoms with Crippen LogP contribution < -0.4 is 0 Å². The van der Waals surface area contributed by atoms with Crippen LogP contribution in [0.15, 0.2) is 23.7 Å². The zero-order chi connectivity index (χ0) is 8.97. The van der Waals surface area contributed by atoms with Crippen LogP contribution in [0.3, 0.4) is 0 Å². The van der Waals surface area contributed by atoms with Gasteiger partial charge in [-0.2, -0.15) is 15.8 Å². The minimum atomic E-state index is -0.598. The van der Waals surface area contributed by atoms with Gasteiger partial charge in [-0.05, 0) is 6.08 Å². The second-order valence-electron chi connectivity index (χ2n) is 2.02. The molecule has 0 saturated carbocycles. The van der Waals surface area contributed by atoms with Gasteiger partial charge in [-0.1, -0.05) is 0 Å². The Morgan fingerprint density at radius 3 is 2.50 bits per heavy atom. The predicted octanol–water partition coefficient (Wildman–Crippen LogP) is 0.971. The highest BCUT2D eigenvalue weighted by molar-refractivity contribution is 5.42. The molecule has 1 heterocycles. The van der Waals surface area contributed by atoms with Gasteiger partial charge in [0.05, 0.1) is 12.3 Å². The second-order valence-corrected chi connectivity index (χ2v) is 2.02. The fourth-order valence-electron chi connectivity index (χ4n) is 0.803. The van der Waals surface area contributed by atoms with Crippen molar-refractivity contribution in [2.24, 2.45) is 5.92 Å². The molecule has 4 heteroatoms. The Morgan fingerprint density at radius 2 is 2.00 bits per heavy atom. The highest BCUT2D eigenvalue weighted by atomic mass is 16.5. The van der Waals surface area contributed by atoms with Crippen molar-refractivity contribution < 1.29 is 4.74 Å². The summed E-state index contributed by atoms with van der Waals surface area (Å²) < 4.78 is 4.83. The van der Waals surface area contributed by atoms with Crippen molar-refractivity contribution in [3.05, 3.63) is 23.7 Å². The molecule has 0 amide bonds. The van der Waals surface area contributed by atoms with Gasteiger partial charge in [0.25, 0.3) is 0 Å². The van der Waals surface area contributed by atoms with Gasteiger partial charge in [0.1, 0.15) is 18.1 Å². The fraction of sp³-hybridized carbons (Fsp3) is 0.125. The Balaban J connectivity index is 3.09. The third kappa shape index (κ3) is 1.12. The van der Waals surface area contributed by atoms with Gasteiger partial charge in [0.15, 0.2) is 11.3 Å². The van der Waals surface area contributed by atoms with Gasteiger partial charge in [-0.3, -0.25) is 0 Å². The molecule has 0 aromatic heterocycles. The molecule has 0 aliphatic carbocycles. The van der Waals surface area contributed by atoms with Crippen molar-refractivity contribution in [3.63, 3.8) is 0 Å². The molecule has 56 valence electrons. The third-order valence-corrected chi connectivity index (χ3v) is 1.36. The van der Waals surface area contributed by atoms with Gasteiger partial charge < -0.3 is 4.74 Å². The minimum absolute atomic E-state index is 0.127. The molecular weight excluding hydrogens is 154 g/mol. The largest absolute Gasteiger partial charge is 0.466 e. The Hall–Kier alpha value is -2.25. The van der Waals surface area contributed by atoms with E-state index in [0.717, 1.165) is 0 Å². The molecule has 0 N–H and O–H groups in total. The van der Waals surface area contributed by atoms with Crippen molar-refractivity contribution in [3.8, 4) is 18.2 Å². The minimum Gasteiger partial charge on any atom is -0.466 e. The summed E-state index contributed by atoms with van der Waals surface area (Å²) >= 11 is 0. The molecule has 0 aromatic carbocycles. The number of ether oxygens (including phenoxy) is 1. The molecule has 1 aliphatic rings. The first kappa shape index (κ1) is 7.85. The van der Waals surface area contributed by atoms with Crippen LogP contribution in [0, 0.1) is 39.9 Å². The molecule has 1 aliphatic heterocycles. The topological polar surface area (TPSA) is 80.6 Å². The average molecular weight is 157 g/mol. The third-order valence-electron chi connectivity index (χ3n) is 1.36. The number of nitriles is 3. The Morgan fingerprint density at radius 1 is 1.33 bits per heavy atom. The molecule has 0 radical (unpaired) electrons. The standard InChI is InChI=1S/C8H3N3O/c9-3-6-1-2-12-8(6)7(4-10)5-11/h1-2,6H. The van der Waals surface area contributed by atoms with E-state index in [2.05, 4.69) is 0 Å². The van der Waals surface area contributed by atoms with Crippen LogP contribution in [0.25, 0.3) is 0 Å². The van der Waals surface area contributed by atoms with E-state index in [1.54, 1.807) is 12.1 Å². The zero-order valence-corrected chi connectivity index (χ0v) is 5.98. The molecule has 0 aromatic rings. The van der Waals surface area contributed by atoms with E-state index in [1.165, 1.54) is 12.3 Å². The first-order chi connectivity index (χ1) is 5.83. The maximum atomic E-state index is 8.54. The Kier molecular flexibility index (Phi) is 2.12. The van der Waals surface area contributed by atoms with Crippen LogP contribution in [0.2, 0.25) is 0 Å². The highest BCUT2D eigenvalue weighted by Crippen LogP contribution is 2.23. The number of hydrogen-bond donors (Lipinski definition) is 0. The van der Waals surface area contributed by atoms with Gasteiger partial charge in [-0.15, -0.1) is 0 Å². The van der Waals surface area contributed by atoms with E-state index in [1.807, 2.05) is 6.07 Å². The smallest absolute Gasteiger partial charge is 0.169 e. The van der Waals surface area contributed by atoms with E-state index in [9.17, 15) is 0 Å². The summed E-state index contributed by atoms with van der Waals surface area (Å²) in [4.78, 5) is 0. The van der Waals surface area contributed by atoms with Crippen LogP contribution in [-0.4, -0.2) is 0 Å². The molecular formula is C8H3N3O. The summed E-state index contributed by atoms with van der Waals surface area (Å²) in [5.74, 6) is -0.471. The highest BCUT2D eigenvalue weighted by Gasteiger charge is 2.21.